The topological polar surface area (TPSA) is 243 Å². The zero-order valence-corrected chi connectivity index (χ0v) is 21.2. The number of unbranched alkanes of at least 4 members (excludes halogenated alkanes) is 1. The molecule has 14 nitrogen and oxygen atoms in total. The fourth-order valence-electron chi connectivity index (χ4n) is 3.55. The summed E-state index contributed by atoms with van der Waals surface area (Å²) in [5, 5.41) is 25.7. The molecule has 1 rings (SSSR count). The number of nitrogens with zero attached hydrogens (tertiary/aromatic N) is 1. The molecule has 0 fully saturated rings. The molecule has 1 aromatic rings. The van der Waals surface area contributed by atoms with Gasteiger partial charge in [-0.3, -0.25) is 19.2 Å². The van der Waals surface area contributed by atoms with E-state index in [1.54, 1.807) is 0 Å². The van der Waals surface area contributed by atoms with Gasteiger partial charge in [0.05, 0.1) is 12.4 Å². The Morgan fingerprint density at radius 3 is 2.11 bits per heavy atom. The van der Waals surface area contributed by atoms with Gasteiger partial charge in [0.2, 0.25) is 17.7 Å². The minimum atomic E-state index is -1.45. The number of hydrogen-bond donors (Lipinski definition) is 8. The zero-order valence-electron chi connectivity index (χ0n) is 21.2. The van der Waals surface area contributed by atoms with Crippen molar-refractivity contribution < 1.29 is 34.2 Å². The maximum Gasteiger partial charge on any atom is 0.326 e. The second kappa shape index (κ2) is 16.3. The molecule has 37 heavy (non-hydrogen) atoms. The van der Waals surface area contributed by atoms with Crippen molar-refractivity contribution in [2.45, 2.75) is 83.0 Å². The number of aromatic nitrogens is 2. The van der Waals surface area contributed by atoms with E-state index in [2.05, 4.69) is 25.9 Å². The molecule has 0 bridgehead atoms. The number of aromatic amines is 1. The first kappa shape index (κ1) is 31.5. The molecule has 10 N–H and O–H groups in total. The number of nitrogens with two attached hydrogens (primary N) is 2. The maximum absolute atomic E-state index is 13.2. The number of hydrogen-bond acceptors (Lipinski definition) is 8. The minimum Gasteiger partial charge on any atom is -0.481 e. The SMILES string of the molecule is CC(C)CC(N)C(=O)NC(Cc1cnc[nH]1)C(=O)NC(CCCCN)C(=O)NC(CCC(=O)O)C(=O)O. The number of carboxylic acids is 2. The largest absolute Gasteiger partial charge is 0.481 e. The summed E-state index contributed by atoms with van der Waals surface area (Å²) in [6.45, 7) is 4.17. The lowest BCUT2D eigenvalue weighted by atomic mass is 10.0. The van der Waals surface area contributed by atoms with Crippen molar-refractivity contribution in [3.8, 4) is 0 Å². The van der Waals surface area contributed by atoms with E-state index >= 15 is 0 Å². The summed E-state index contributed by atoms with van der Waals surface area (Å²) in [5.74, 6) is -4.44. The highest BCUT2D eigenvalue weighted by atomic mass is 16.4. The highest BCUT2D eigenvalue weighted by Crippen LogP contribution is 2.08. The second-order valence-electron chi connectivity index (χ2n) is 9.26. The zero-order chi connectivity index (χ0) is 28.0. The van der Waals surface area contributed by atoms with Gasteiger partial charge in [0.15, 0.2) is 0 Å². The maximum atomic E-state index is 13.2. The molecule has 208 valence electrons. The van der Waals surface area contributed by atoms with E-state index in [4.69, 9.17) is 16.6 Å². The molecule has 0 saturated carbocycles. The predicted molar refractivity (Wildman–Crippen MR) is 133 cm³/mol. The Morgan fingerprint density at radius 1 is 0.946 bits per heavy atom. The van der Waals surface area contributed by atoms with Crippen LogP contribution in [-0.2, 0) is 30.4 Å². The van der Waals surface area contributed by atoms with Crippen LogP contribution < -0.4 is 27.4 Å². The number of carbonyl (C=O) groups is 5. The molecule has 4 atom stereocenters. The van der Waals surface area contributed by atoms with Gasteiger partial charge in [0, 0.05) is 24.7 Å². The molecule has 0 aliphatic carbocycles. The van der Waals surface area contributed by atoms with Crippen LogP contribution in [0.1, 0.15) is 58.1 Å². The molecular weight excluding hydrogens is 486 g/mol. The molecular formula is C23H39N7O7. The van der Waals surface area contributed by atoms with E-state index < -0.39 is 60.2 Å². The van der Waals surface area contributed by atoms with Crippen LogP contribution in [0.5, 0.6) is 0 Å². The summed E-state index contributed by atoms with van der Waals surface area (Å²) in [5.41, 5.74) is 12.1. The van der Waals surface area contributed by atoms with E-state index in [-0.39, 0.29) is 25.2 Å². The fourth-order valence-corrected chi connectivity index (χ4v) is 3.55. The Hall–Kier alpha value is -3.52. The van der Waals surface area contributed by atoms with Crippen LogP contribution in [0.2, 0.25) is 0 Å². The average molecular weight is 526 g/mol. The molecule has 1 heterocycles. The van der Waals surface area contributed by atoms with Crippen LogP contribution >= 0.6 is 0 Å². The molecule has 0 aromatic carbocycles. The van der Waals surface area contributed by atoms with E-state index in [9.17, 15) is 29.1 Å². The minimum absolute atomic E-state index is 0.0411. The molecule has 3 amide bonds. The van der Waals surface area contributed by atoms with Gasteiger partial charge < -0.3 is 42.6 Å². The molecule has 0 saturated heterocycles. The smallest absolute Gasteiger partial charge is 0.326 e. The first-order chi connectivity index (χ1) is 17.4. The lowest BCUT2D eigenvalue weighted by Crippen LogP contribution is -2.57. The highest BCUT2D eigenvalue weighted by molar-refractivity contribution is 5.94. The molecule has 14 heteroatoms. The van der Waals surface area contributed by atoms with E-state index in [1.165, 1.54) is 12.5 Å². The van der Waals surface area contributed by atoms with Gasteiger partial charge in [-0.1, -0.05) is 13.8 Å². The van der Waals surface area contributed by atoms with Crippen LogP contribution in [0.15, 0.2) is 12.5 Å². The van der Waals surface area contributed by atoms with Crippen LogP contribution in [0.25, 0.3) is 0 Å². The molecule has 4 unspecified atom stereocenters. The first-order valence-corrected chi connectivity index (χ1v) is 12.2. The molecule has 1 aromatic heterocycles. The van der Waals surface area contributed by atoms with Crippen LogP contribution in [0.4, 0.5) is 0 Å². The van der Waals surface area contributed by atoms with Crippen molar-refractivity contribution >= 4 is 29.7 Å². The Kier molecular flexibility index (Phi) is 13.9. The number of imidazole rings is 1. The van der Waals surface area contributed by atoms with Gasteiger partial charge in [-0.25, -0.2) is 9.78 Å². The van der Waals surface area contributed by atoms with Gasteiger partial charge in [-0.05, 0) is 44.6 Å². The number of carboxylic acid groups (broad SMARTS) is 2. The Morgan fingerprint density at radius 2 is 1.57 bits per heavy atom. The summed E-state index contributed by atoms with van der Waals surface area (Å²) in [6, 6.07) is -4.53. The number of H-pyrrole nitrogens is 1. The van der Waals surface area contributed by atoms with Crippen molar-refractivity contribution in [3.63, 3.8) is 0 Å². The normalized spacial score (nSPS) is 14.3. The van der Waals surface area contributed by atoms with Gasteiger partial charge in [-0.15, -0.1) is 0 Å². The lowest BCUT2D eigenvalue weighted by Gasteiger charge is -2.25. The number of aliphatic carboxylic acids is 2. The third-order valence-corrected chi connectivity index (χ3v) is 5.52. The number of carbonyl (C=O) groups excluding carboxylic acids is 3. The van der Waals surface area contributed by atoms with Gasteiger partial charge >= 0.3 is 11.9 Å². The quantitative estimate of drug-likeness (QED) is 0.107. The third-order valence-electron chi connectivity index (χ3n) is 5.52. The number of nitrogens with one attached hydrogen (secondary N) is 4. The third kappa shape index (κ3) is 12.3. The Bertz CT molecular complexity index is 892. The summed E-state index contributed by atoms with van der Waals surface area (Å²) >= 11 is 0. The molecule has 0 spiro atoms. The molecule has 0 radical (unpaired) electrons. The van der Waals surface area contributed by atoms with Crippen molar-refractivity contribution in [1.82, 2.24) is 25.9 Å². The second-order valence-corrected chi connectivity index (χ2v) is 9.26. The van der Waals surface area contributed by atoms with E-state index in [1.807, 2.05) is 13.8 Å². The Labute approximate surface area is 215 Å². The van der Waals surface area contributed by atoms with Gasteiger partial charge in [0.1, 0.15) is 18.1 Å². The highest BCUT2D eigenvalue weighted by Gasteiger charge is 2.30. The van der Waals surface area contributed by atoms with E-state index in [0.29, 0.717) is 31.5 Å². The predicted octanol–water partition coefficient (Wildman–Crippen LogP) is -1.14. The average Bonchev–Trinajstić information content (AvgIpc) is 3.32. The fraction of sp³-hybridized carbons (Fsp3) is 0.652. The van der Waals surface area contributed by atoms with Gasteiger partial charge in [-0.2, -0.15) is 0 Å². The van der Waals surface area contributed by atoms with Crippen molar-refractivity contribution in [3.05, 3.63) is 18.2 Å². The Balaban J connectivity index is 3.04. The van der Waals surface area contributed by atoms with E-state index in [0.717, 1.165) is 0 Å². The number of rotatable bonds is 18. The first-order valence-electron chi connectivity index (χ1n) is 12.2. The summed E-state index contributed by atoms with van der Waals surface area (Å²) in [7, 11) is 0. The lowest BCUT2D eigenvalue weighted by molar-refractivity contribution is -0.143. The van der Waals surface area contributed by atoms with Crippen LogP contribution in [0.3, 0.4) is 0 Å². The monoisotopic (exact) mass is 525 g/mol. The molecule has 0 aliphatic rings. The van der Waals surface area contributed by atoms with Crippen molar-refractivity contribution in [2.24, 2.45) is 17.4 Å². The number of amides is 3. The van der Waals surface area contributed by atoms with Crippen molar-refractivity contribution in [2.75, 3.05) is 6.54 Å². The molecule has 0 aliphatic heterocycles. The van der Waals surface area contributed by atoms with Crippen LogP contribution in [-0.4, -0.2) is 80.6 Å². The van der Waals surface area contributed by atoms with Gasteiger partial charge in [0.25, 0.3) is 0 Å². The summed E-state index contributed by atoms with van der Waals surface area (Å²) in [4.78, 5) is 67.9. The van der Waals surface area contributed by atoms with Crippen LogP contribution in [0, 0.1) is 5.92 Å². The summed E-state index contributed by atoms with van der Waals surface area (Å²) in [6.07, 6.45) is 3.73. The van der Waals surface area contributed by atoms with Crippen molar-refractivity contribution in [1.29, 1.82) is 0 Å². The summed E-state index contributed by atoms with van der Waals surface area (Å²) < 4.78 is 0. The standard InChI is InChI=1S/C23H39N7O7/c1-13(2)9-15(25)20(33)30-18(10-14-11-26-12-27-14)22(35)28-16(5-3-4-8-24)21(34)29-17(23(36)37)6-7-19(31)32/h11-13,15-18H,3-10,24-25H2,1-2H3,(H,26,27)(H,28,35)(H,29,34)(H,30,33)(H,31,32)(H,36,37).